The molecule has 108 valence electrons. The minimum absolute atomic E-state index is 0.00208. The molecule has 0 radical (unpaired) electrons. The summed E-state index contributed by atoms with van der Waals surface area (Å²) in [5.74, 6) is -0.443. The van der Waals surface area contributed by atoms with Crippen molar-refractivity contribution in [2.24, 2.45) is 5.41 Å². The summed E-state index contributed by atoms with van der Waals surface area (Å²) in [4.78, 5) is 11.9. The molecule has 0 fully saturated rings. The Morgan fingerprint density at radius 3 is 2.32 bits per heavy atom. The van der Waals surface area contributed by atoms with E-state index in [-0.39, 0.29) is 19.8 Å². The molecule has 0 saturated carbocycles. The number of aliphatic hydroxyl groups excluding tert-OH is 2. The molecule has 0 aromatic heterocycles. The van der Waals surface area contributed by atoms with Crippen LogP contribution in [0.4, 0.5) is 0 Å². The fourth-order valence-electron chi connectivity index (χ4n) is 1.41. The number of carbonyl (C=O) groups is 1. The molecule has 0 aromatic rings. The van der Waals surface area contributed by atoms with E-state index in [9.17, 15) is 15.0 Å². The minimum atomic E-state index is -0.770. The molecular formula is C15H24O4. The van der Waals surface area contributed by atoms with E-state index in [0.717, 1.165) is 0 Å². The third-order valence-corrected chi connectivity index (χ3v) is 3.09. The van der Waals surface area contributed by atoms with Crippen LogP contribution in [0.5, 0.6) is 0 Å². The van der Waals surface area contributed by atoms with Crippen molar-refractivity contribution in [3.63, 3.8) is 0 Å². The van der Waals surface area contributed by atoms with Gasteiger partial charge in [-0.15, -0.1) is 13.2 Å². The molecular weight excluding hydrogens is 244 g/mol. The first-order valence-corrected chi connectivity index (χ1v) is 6.38. The SMILES string of the molecule is C=CCC=C(CC=C)C(=O)OCC(CC)(CO)CO. The molecule has 0 aliphatic heterocycles. The number of ether oxygens (including phenoxy) is 1. The van der Waals surface area contributed by atoms with Gasteiger partial charge in [-0.25, -0.2) is 4.79 Å². The molecule has 0 atom stereocenters. The molecule has 0 bridgehead atoms. The Bertz CT molecular complexity index is 319. The van der Waals surface area contributed by atoms with Gasteiger partial charge in [0.05, 0.1) is 18.6 Å². The second-order valence-corrected chi connectivity index (χ2v) is 4.49. The largest absolute Gasteiger partial charge is 0.462 e. The molecule has 2 N–H and O–H groups in total. The van der Waals surface area contributed by atoms with Crippen molar-refractivity contribution in [2.45, 2.75) is 26.2 Å². The average molecular weight is 268 g/mol. The Hall–Kier alpha value is -1.39. The third kappa shape index (κ3) is 5.85. The zero-order valence-corrected chi connectivity index (χ0v) is 11.6. The Balaban J connectivity index is 4.64. The van der Waals surface area contributed by atoms with Crippen LogP contribution in [0.15, 0.2) is 37.0 Å². The second kappa shape index (κ2) is 9.53. The van der Waals surface area contributed by atoms with Crippen molar-refractivity contribution in [2.75, 3.05) is 19.8 Å². The van der Waals surface area contributed by atoms with Crippen LogP contribution >= 0.6 is 0 Å². The number of hydrogen-bond donors (Lipinski definition) is 2. The van der Waals surface area contributed by atoms with Crippen molar-refractivity contribution in [1.82, 2.24) is 0 Å². The number of hydrogen-bond acceptors (Lipinski definition) is 4. The summed E-state index contributed by atoms with van der Waals surface area (Å²) in [6, 6.07) is 0. The smallest absolute Gasteiger partial charge is 0.334 e. The number of esters is 1. The summed E-state index contributed by atoms with van der Waals surface area (Å²) in [5.41, 5.74) is -0.260. The van der Waals surface area contributed by atoms with Crippen LogP contribution in [-0.2, 0) is 9.53 Å². The van der Waals surface area contributed by atoms with Crippen molar-refractivity contribution in [3.05, 3.63) is 37.0 Å². The molecule has 4 nitrogen and oxygen atoms in total. The van der Waals surface area contributed by atoms with E-state index in [0.29, 0.717) is 24.8 Å². The summed E-state index contributed by atoms with van der Waals surface area (Å²) in [6.45, 7) is 8.57. The first kappa shape index (κ1) is 17.6. The summed E-state index contributed by atoms with van der Waals surface area (Å²) < 4.78 is 5.18. The molecule has 0 saturated heterocycles. The maximum Gasteiger partial charge on any atom is 0.334 e. The number of aliphatic hydroxyl groups is 2. The highest BCUT2D eigenvalue weighted by Gasteiger charge is 2.29. The molecule has 4 heteroatoms. The molecule has 0 amide bonds. The lowest BCUT2D eigenvalue weighted by Crippen LogP contribution is -2.35. The molecule has 0 aliphatic rings. The van der Waals surface area contributed by atoms with Gasteiger partial charge in [-0.05, 0) is 19.3 Å². The van der Waals surface area contributed by atoms with Gasteiger partial charge in [0.1, 0.15) is 6.61 Å². The van der Waals surface area contributed by atoms with Crippen LogP contribution < -0.4 is 0 Å². The van der Waals surface area contributed by atoms with Crippen LogP contribution in [0, 0.1) is 5.41 Å². The molecule has 0 unspecified atom stereocenters. The Kier molecular flexibility index (Phi) is 8.83. The van der Waals surface area contributed by atoms with E-state index >= 15 is 0 Å². The highest BCUT2D eigenvalue weighted by molar-refractivity contribution is 5.88. The van der Waals surface area contributed by atoms with Gasteiger partial charge in [0, 0.05) is 5.57 Å². The third-order valence-electron chi connectivity index (χ3n) is 3.09. The predicted octanol–water partition coefficient (Wildman–Crippen LogP) is 1.99. The summed E-state index contributed by atoms with van der Waals surface area (Å²) >= 11 is 0. The van der Waals surface area contributed by atoms with Gasteiger partial charge >= 0.3 is 5.97 Å². The summed E-state index contributed by atoms with van der Waals surface area (Å²) in [5, 5.41) is 18.6. The molecule has 0 heterocycles. The molecule has 0 aromatic carbocycles. The van der Waals surface area contributed by atoms with E-state index < -0.39 is 11.4 Å². The summed E-state index contributed by atoms with van der Waals surface area (Å²) in [7, 11) is 0. The fraction of sp³-hybridized carbons (Fsp3) is 0.533. The van der Waals surface area contributed by atoms with Crippen LogP contribution in [-0.4, -0.2) is 36.0 Å². The lowest BCUT2D eigenvalue weighted by Gasteiger charge is -2.27. The quantitative estimate of drug-likeness (QED) is 0.361. The van der Waals surface area contributed by atoms with Crippen LogP contribution in [0.3, 0.4) is 0 Å². The Labute approximate surface area is 115 Å². The predicted molar refractivity (Wildman–Crippen MR) is 75.6 cm³/mol. The van der Waals surface area contributed by atoms with Crippen molar-refractivity contribution in [1.29, 1.82) is 0 Å². The van der Waals surface area contributed by atoms with Gasteiger partial charge < -0.3 is 14.9 Å². The van der Waals surface area contributed by atoms with E-state index in [1.807, 2.05) is 6.92 Å². The number of carbonyl (C=O) groups excluding carboxylic acids is 1. The molecule has 0 spiro atoms. The van der Waals surface area contributed by atoms with Crippen LogP contribution in [0.1, 0.15) is 26.2 Å². The Morgan fingerprint density at radius 1 is 1.26 bits per heavy atom. The van der Waals surface area contributed by atoms with E-state index in [2.05, 4.69) is 13.2 Å². The topological polar surface area (TPSA) is 66.8 Å². The van der Waals surface area contributed by atoms with Crippen LogP contribution in [0.25, 0.3) is 0 Å². The van der Waals surface area contributed by atoms with E-state index in [1.54, 1.807) is 18.2 Å². The Morgan fingerprint density at radius 2 is 1.89 bits per heavy atom. The summed E-state index contributed by atoms with van der Waals surface area (Å²) in [6.07, 6.45) is 6.58. The van der Waals surface area contributed by atoms with E-state index in [4.69, 9.17) is 4.74 Å². The van der Waals surface area contributed by atoms with Gasteiger partial charge in [0.15, 0.2) is 0 Å². The first-order chi connectivity index (χ1) is 9.09. The average Bonchev–Trinajstić information content (AvgIpc) is 2.45. The van der Waals surface area contributed by atoms with Crippen molar-refractivity contribution in [3.8, 4) is 0 Å². The van der Waals surface area contributed by atoms with Crippen LogP contribution in [0.2, 0.25) is 0 Å². The van der Waals surface area contributed by atoms with Gasteiger partial charge in [0.25, 0.3) is 0 Å². The lowest BCUT2D eigenvalue weighted by molar-refractivity contribution is -0.145. The lowest BCUT2D eigenvalue weighted by atomic mass is 9.88. The monoisotopic (exact) mass is 268 g/mol. The normalized spacial score (nSPS) is 12.1. The highest BCUT2D eigenvalue weighted by atomic mass is 16.5. The second-order valence-electron chi connectivity index (χ2n) is 4.49. The van der Waals surface area contributed by atoms with E-state index in [1.165, 1.54) is 0 Å². The first-order valence-electron chi connectivity index (χ1n) is 6.38. The molecule has 0 rings (SSSR count). The number of rotatable bonds is 10. The zero-order valence-electron chi connectivity index (χ0n) is 11.6. The maximum absolute atomic E-state index is 11.9. The van der Waals surface area contributed by atoms with Gasteiger partial charge in [-0.2, -0.15) is 0 Å². The minimum Gasteiger partial charge on any atom is -0.462 e. The molecule has 19 heavy (non-hydrogen) atoms. The highest BCUT2D eigenvalue weighted by Crippen LogP contribution is 2.21. The van der Waals surface area contributed by atoms with Gasteiger partial charge in [0.2, 0.25) is 0 Å². The molecule has 0 aliphatic carbocycles. The van der Waals surface area contributed by atoms with Crippen molar-refractivity contribution >= 4 is 5.97 Å². The maximum atomic E-state index is 11.9. The van der Waals surface area contributed by atoms with Gasteiger partial charge in [-0.1, -0.05) is 25.2 Å². The zero-order chi connectivity index (χ0) is 14.7. The van der Waals surface area contributed by atoms with Crippen molar-refractivity contribution < 1.29 is 19.7 Å². The number of allylic oxidation sites excluding steroid dienone is 3. The fourth-order valence-corrected chi connectivity index (χ4v) is 1.41. The standard InChI is InChI=1S/C15H24O4/c1-4-7-9-13(8-5-2)14(18)19-12-15(6-3,10-16)11-17/h4-5,9,16-17H,1-2,6-8,10-12H2,3H3. The van der Waals surface area contributed by atoms with Gasteiger partial charge in [-0.3, -0.25) is 0 Å².